The SMILES string of the molecule is CC(N)CNC(=O)OC(C)(C)CC(=O)OC(C)(C)C. The first-order valence-electron chi connectivity index (χ1n) is 6.35. The lowest BCUT2D eigenvalue weighted by molar-refractivity contribution is -0.159. The van der Waals surface area contributed by atoms with Gasteiger partial charge in [0.2, 0.25) is 0 Å². The molecule has 0 saturated carbocycles. The minimum absolute atomic E-state index is 0.00410. The monoisotopic (exact) mass is 274 g/mol. The molecule has 0 aliphatic carbocycles. The van der Waals surface area contributed by atoms with Crippen LogP contribution in [-0.4, -0.2) is 35.9 Å². The predicted octanol–water partition coefficient (Wildman–Crippen LogP) is 1.57. The lowest BCUT2D eigenvalue weighted by atomic mass is 10.1. The lowest BCUT2D eigenvalue weighted by Crippen LogP contribution is -2.41. The number of hydrogen-bond donors (Lipinski definition) is 2. The van der Waals surface area contributed by atoms with Crippen LogP contribution in [0.25, 0.3) is 0 Å². The third-order valence-electron chi connectivity index (χ3n) is 1.93. The normalized spacial score (nSPS) is 13.6. The van der Waals surface area contributed by atoms with Gasteiger partial charge in [-0.15, -0.1) is 0 Å². The summed E-state index contributed by atoms with van der Waals surface area (Å²) in [6.07, 6.45) is -0.596. The summed E-state index contributed by atoms with van der Waals surface area (Å²) in [4.78, 5) is 23.2. The van der Waals surface area contributed by atoms with Gasteiger partial charge in [-0.1, -0.05) is 0 Å². The summed E-state index contributed by atoms with van der Waals surface area (Å²) in [6.45, 7) is 10.8. The van der Waals surface area contributed by atoms with E-state index in [9.17, 15) is 9.59 Å². The average Bonchev–Trinajstić information content (AvgIpc) is 2.08. The molecule has 3 N–H and O–H groups in total. The number of hydrogen-bond acceptors (Lipinski definition) is 5. The fraction of sp³-hybridized carbons (Fsp3) is 0.846. The number of rotatable bonds is 5. The number of amides is 1. The molecular formula is C13H26N2O4. The van der Waals surface area contributed by atoms with Crippen LogP contribution in [0.15, 0.2) is 0 Å². The highest BCUT2D eigenvalue weighted by atomic mass is 16.6. The van der Waals surface area contributed by atoms with E-state index in [2.05, 4.69) is 5.32 Å². The summed E-state index contributed by atoms with van der Waals surface area (Å²) in [5.74, 6) is -0.405. The van der Waals surface area contributed by atoms with E-state index in [4.69, 9.17) is 15.2 Å². The minimum atomic E-state index is -0.926. The van der Waals surface area contributed by atoms with Crippen LogP contribution in [0.3, 0.4) is 0 Å². The van der Waals surface area contributed by atoms with Crippen LogP contribution in [0.5, 0.6) is 0 Å². The fourth-order valence-corrected chi connectivity index (χ4v) is 1.29. The van der Waals surface area contributed by atoms with E-state index in [-0.39, 0.29) is 12.5 Å². The van der Waals surface area contributed by atoms with Crippen LogP contribution >= 0.6 is 0 Å². The Bertz CT molecular complexity index is 319. The maximum Gasteiger partial charge on any atom is 0.407 e. The molecule has 0 radical (unpaired) electrons. The number of alkyl carbamates (subject to hydrolysis) is 1. The topological polar surface area (TPSA) is 90.6 Å². The zero-order chi connectivity index (χ0) is 15.3. The van der Waals surface area contributed by atoms with Crippen molar-refractivity contribution in [2.45, 2.75) is 65.2 Å². The minimum Gasteiger partial charge on any atom is -0.460 e. The van der Waals surface area contributed by atoms with Gasteiger partial charge in [0.15, 0.2) is 0 Å². The third kappa shape index (κ3) is 10.3. The molecule has 19 heavy (non-hydrogen) atoms. The van der Waals surface area contributed by atoms with Crippen LogP contribution in [-0.2, 0) is 14.3 Å². The molecule has 0 heterocycles. The summed E-state index contributed by atoms with van der Waals surface area (Å²) in [6, 6.07) is -0.151. The molecule has 0 aliphatic heterocycles. The molecule has 6 heteroatoms. The van der Waals surface area contributed by atoms with E-state index in [1.165, 1.54) is 0 Å². The quantitative estimate of drug-likeness (QED) is 0.743. The van der Waals surface area contributed by atoms with Crippen molar-refractivity contribution in [3.05, 3.63) is 0 Å². The Morgan fingerprint density at radius 1 is 1.16 bits per heavy atom. The molecule has 0 spiro atoms. The lowest BCUT2D eigenvalue weighted by Gasteiger charge is -2.27. The van der Waals surface area contributed by atoms with Crippen molar-refractivity contribution < 1.29 is 19.1 Å². The van der Waals surface area contributed by atoms with E-state index in [0.29, 0.717) is 6.54 Å². The van der Waals surface area contributed by atoms with Crippen molar-refractivity contribution in [3.8, 4) is 0 Å². The highest BCUT2D eigenvalue weighted by molar-refractivity contribution is 5.73. The molecule has 0 bridgehead atoms. The molecule has 0 aromatic carbocycles. The van der Waals surface area contributed by atoms with Crippen molar-refractivity contribution in [3.63, 3.8) is 0 Å². The first kappa shape index (κ1) is 17.7. The number of ether oxygens (including phenoxy) is 2. The Labute approximate surface area is 115 Å². The number of carbonyl (C=O) groups excluding carboxylic acids is 2. The number of nitrogens with one attached hydrogen (secondary N) is 1. The first-order valence-corrected chi connectivity index (χ1v) is 6.35. The van der Waals surface area contributed by atoms with Crippen molar-refractivity contribution in [1.29, 1.82) is 0 Å². The summed E-state index contributed by atoms with van der Waals surface area (Å²) < 4.78 is 10.3. The zero-order valence-corrected chi connectivity index (χ0v) is 12.7. The van der Waals surface area contributed by atoms with E-state index < -0.39 is 23.3 Å². The van der Waals surface area contributed by atoms with E-state index in [0.717, 1.165) is 0 Å². The maximum atomic E-state index is 11.7. The molecule has 0 rings (SSSR count). The van der Waals surface area contributed by atoms with Crippen LogP contribution in [0.4, 0.5) is 4.79 Å². The van der Waals surface area contributed by atoms with Crippen molar-refractivity contribution in [1.82, 2.24) is 5.32 Å². The van der Waals surface area contributed by atoms with Crippen molar-refractivity contribution in [2.24, 2.45) is 5.73 Å². The van der Waals surface area contributed by atoms with Gasteiger partial charge in [0.1, 0.15) is 11.2 Å². The van der Waals surface area contributed by atoms with Gasteiger partial charge in [-0.3, -0.25) is 4.79 Å². The number of esters is 1. The highest BCUT2D eigenvalue weighted by Gasteiger charge is 2.29. The highest BCUT2D eigenvalue weighted by Crippen LogP contribution is 2.18. The largest absolute Gasteiger partial charge is 0.460 e. The molecule has 1 unspecified atom stereocenters. The van der Waals surface area contributed by atoms with Crippen LogP contribution < -0.4 is 11.1 Å². The summed E-state index contributed by atoms with van der Waals surface area (Å²) in [5.41, 5.74) is 4.03. The molecule has 1 amide bonds. The van der Waals surface area contributed by atoms with E-state index in [1.807, 2.05) is 0 Å². The van der Waals surface area contributed by atoms with Crippen LogP contribution in [0, 0.1) is 0 Å². The van der Waals surface area contributed by atoms with Gasteiger partial charge in [-0.25, -0.2) is 4.79 Å². The molecule has 6 nitrogen and oxygen atoms in total. The van der Waals surface area contributed by atoms with Crippen molar-refractivity contribution in [2.75, 3.05) is 6.54 Å². The molecule has 112 valence electrons. The maximum absolute atomic E-state index is 11.7. The van der Waals surface area contributed by atoms with Crippen LogP contribution in [0.2, 0.25) is 0 Å². The Kier molecular flexibility index (Phi) is 6.29. The average molecular weight is 274 g/mol. The summed E-state index contributed by atoms with van der Waals surface area (Å²) >= 11 is 0. The second-order valence-corrected chi connectivity index (χ2v) is 6.27. The van der Waals surface area contributed by atoms with Crippen molar-refractivity contribution >= 4 is 12.1 Å². The predicted molar refractivity (Wildman–Crippen MR) is 72.7 cm³/mol. The second-order valence-electron chi connectivity index (χ2n) is 6.27. The molecule has 0 fully saturated rings. The summed E-state index contributed by atoms with van der Waals surface area (Å²) in [5, 5.41) is 2.52. The van der Waals surface area contributed by atoms with Crippen LogP contribution in [0.1, 0.15) is 48.0 Å². The van der Waals surface area contributed by atoms with Gasteiger partial charge in [0.05, 0.1) is 6.42 Å². The van der Waals surface area contributed by atoms with E-state index >= 15 is 0 Å². The number of carbonyl (C=O) groups is 2. The molecule has 1 atom stereocenters. The molecule has 0 aromatic rings. The molecule has 0 aromatic heterocycles. The van der Waals surface area contributed by atoms with Gasteiger partial charge in [-0.2, -0.15) is 0 Å². The van der Waals surface area contributed by atoms with Gasteiger partial charge in [0, 0.05) is 12.6 Å². The van der Waals surface area contributed by atoms with Gasteiger partial charge in [0.25, 0.3) is 0 Å². The van der Waals surface area contributed by atoms with Gasteiger partial charge < -0.3 is 20.5 Å². The molecular weight excluding hydrogens is 248 g/mol. The Morgan fingerprint density at radius 3 is 2.11 bits per heavy atom. The number of nitrogens with two attached hydrogens (primary N) is 1. The molecule has 0 saturated heterocycles. The van der Waals surface area contributed by atoms with E-state index in [1.54, 1.807) is 41.5 Å². The molecule has 0 aliphatic rings. The standard InChI is InChI=1S/C13H26N2O4/c1-9(14)8-15-11(17)19-13(5,6)7-10(16)18-12(2,3)4/h9H,7-8,14H2,1-6H3,(H,15,17). The Morgan fingerprint density at radius 2 is 1.68 bits per heavy atom. The summed E-state index contributed by atoms with van der Waals surface area (Å²) in [7, 11) is 0. The third-order valence-corrected chi connectivity index (χ3v) is 1.93. The second kappa shape index (κ2) is 6.75. The van der Waals surface area contributed by atoms with Gasteiger partial charge in [-0.05, 0) is 41.5 Å². The zero-order valence-electron chi connectivity index (χ0n) is 12.7. The fourth-order valence-electron chi connectivity index (χ4n) is 1.29. The smallest absolute Gasteiger partial charge is 0.407 e. The van der Waals surface area contributed by atoms with Gasteiger partial charge >= 0.3 is 12.1 Å². The first-order chi connectivity index (χ1) is 8.41. The Balaban J connectivity index is 4.24. The Hall–Kier alpha value is -1.30.